The van der Waals surface area contributed by atoms with Gasteiger partial charge in [-0.3, -0.25) is 4.79 Å². The van der Waals surface area contributed by atoms with Gasteiger partial charge in [0.05, 0.1) is 5.69 Å². The summed E-state index contributed by atoms with van der Waals surface area (Å²) in [6.45, 7) is 0. The molecule has 0 fully saturated rings. The molecule has 0 aliphatic rings. The summed E-state index contributed by atoms with van der Waals surface area (Å²) in [6, 6.07) is 20.7. The van der Waals surface area contributed by atoms with E-state index in [4.69, 9.17) is 5.73 Å². The van der Waals surface area contributed by atoms with Crippen molar-refractivity contribution in [2.45, 2.75) is 12.3 Å². The summed E-state index contributed by atoms with van der Waals surface area (Å²) in [7, 11) is 0. The minimum Gasteiger partial charge on any atom is -0.364 e. The predicted molar refractivity (Wildman–Crippen MR) is 89.1 cm³/mol. The van der Waals surface area contributed by atoms with Gasteiger partial charge in [-0.1, -0.05) is 60.7 Å². The summed E-state index contributed by atoms with van der Waals surface area (Å²) < 4.78 is 0. The number of nitrogens with two attached hydrogens (primary N) is 1. The summed E-state index contributed by atoms with van der Waals surface area (Å²) in [4.78, 5) is 15.6. The zero-order valence-corrected chi connectivity index (χ0v) is 12.8. The number of thiazole rings is 1. The van der Waals surface area contributed by atoms with Crippen molar-refractivity contribution in [1.29, 1.82) is 0 Å². The maximum atomic E-state index is 11.2. The largest absolute Gasteiger partial charge is 0.364 e. The topological polar surface area (TPSA) is 56.0 Å². The van der Waals surface area contributed by atoms with Crippen LogP contribution in [0.1, 0.15) is 32.5 Å². The predicted octanol–water partition coefficient (Wildman–Crippen LogP) is 3.62. The van der Waals surface area contributed by atoms with Gasteiger partial charge in [-0.15, -0.1) is 11.3 Å². The van der Waals surface area contributed by atoms with Crippen molar-refractivity contribution < 1.29 is 4.79 Å². The van der Waals surface area contributed by atoms with Crippen LogP contribution in [0.2, 0.25) is 0 Å². The van der Waals surface area contributed by atoms with Crippen LogP contribution in [-0.2, 0) is 6.42 Å². The van der Waals surface area contributed by atoms with E-state index in [9.17, 15) is 4.79 Å². The highest BCUT2D eigenvalue weighted by Crippen LogP contribution is 2.28. The van der Waals surface area contributed by atoms with Crippen molar-refractivity contribution >= 4 is 17.2 Å². The second kappa shape index (κ2) is 6.54. The average molecular weight is 308 g/mol. The van der Waals surface area contributed by atoms with E-state index in [1.54, 1.807) is 0 Å². The Morgan fingerprint density at radius 1 is 1.00 bits per heavy atom. The maximum absolute atomic E-state index is 11.2. The molecule has 2 aromatic carbocycles. The average Bonchev–Trinajstić information content (AvgIpc) is 3.03. The Hall–Kier alpha value is -2.46. The Morgan fingerprint density at radius 2 is 1.55 bits per heavy atom. The van der Waals surface area contributed by atoms with E-state index in [-0.39, 0.29) is 5.92 Å². The third-order valence-corrected chi connectivity index (χ3v) is 4.49. The zero-order valence-electron chi connectivity index (χ0n) is 12.0. The fourth-order valence-electron chi connectivity index (χ4n) is 2.52. The first-order chi connectivity index (χ1) is 10.7. The number of primary amides is 1. The van der Waals surface area contributed by atoms with E-state index in [1.165, 1.54) is 22.5 Å². The molecule has 0 aliphatic heterocycles. The molecule has 3 rings (SSSR count). The Balaban J connectivity index is 1.93. The zero-order chi connectivity index (χ0) is 15.4. The van der Waals surface area contributed by atoms with Gasteiger partial charge in [0.15, 0.2) is 5.01 Å². The summed E-state index contributed by atoms with van der Waals surface area (Å²) >= 11 is 1.30. The van der Waals surface area contributed by atoms with E-state index in [0.29, 0.717) is 5.01 Å². The van der Waals surface area contributed by atoms with Crippen LogP contribution in [0.4, 0.5) is 0 Å². The molecular formula is C18H16N2OS. The lowest BCUT2D eigenvalue weighted by Gasteiger charge is -2.17. The van der Waals surface area contributed by atoms with Gasteiger partial charge in [0, 0.05) is 17.7 Å². The van der Waals surface area contributed by atoms with Gasteiger partial charge >= 0.3 is 0 Å². The van der Waals surface area contributed by atoms with Gasteiger partial charge in [0.2, 0.25) is 0 Å². The van der Waals surface area contributed by atoms with Gasteiger partial charge in [0.1, 0.15) is 0 Å². The van der Waals surface area contributed by atoms with E-state index in [2.05, 4.69) is 29.2 Å². The highest BCUT2D eigenvalue weighted by molar-refractivity contribution is 7.11. The molecule has 0 atom stereocenters. The molecule has 22 heavy (non-hydrogen) atoms. The summed E-state index contributed by atoms with van der Waals surface area (Å²) in [5.41, 5.74) is 8.67. The highest BCUT2D eigenvalue weighted by Gasteiger charge is 2.17. The Labute approximate surface area is 133 Å². The first kappa shape index (κ1) is 14.5. The monoisotopic (exact) mass is 308 g/mol. The van der Waals surface area contributed by atoms with Crippen molar-refractivity contribution in [2.75, 3.05) is 0 Å². The molecule has 4 heteroatoms. The van der Waals surface area contributed by atoms with Crippen molar-refractivity contribution in [2.24, 2.45) is 5.73 Å². The number of rotatable bonds is 5. The van der Waals surface area contributed by atoms with Crippen LogP contribution in [-0.4, -0.2) is 10.9 Å². The minimum absolute atomic E-state index is 0.213. The van der Waals surface area contributed by atoms with Crippen molar-refractivity contribution in [3.8, 4) is 0 Å². The lowest BCUT2D eigenvalue weighted by atomic mass is 9.88. The third kappa shape index (κ3) is 3.23. The highest BCUT2D eigenvalue weighted by atomic mass is 32.1. The molecule has 3 aromatic rings. The number of amides is 1. The molecule has 1 heterocycles. The summed E-state index contributed by atoms with van der Waals surface area (Å²) in [6.07, 6.45) is 0.748. The van der Waals surface area contributed by atoms with Gasteiger partial charge in [-0.05, 0) is 11.1 Å². The molecule has 0 spiro atoms. The van der Waals surface area contributed by atoms with Gasteiger partial charge in [-0.2, -0.15) is 0 Å². The molecule has 0 radical (unpaired) electrons. The number of carbonyl (C=O) groups is 1. The molecule has 1 aromatic heterocycles. The molecule has 0 aliphatic carbocycles. The van der Waals surface area contributed by atoms with Crippen molar-refractivity contribution in [3.05, 3.63) is 87.9 Å². The summed E-state index contributed by atoms with van der Waals surface area (Å²) in [5, 5.41) is 2.29. The first-order valence-corrected chi connectivity index (χ1v) is 7.96. The van der Waals surface area contributed by atoms with Crippen LogP contribution in [0.25, 0.3) is 0 Å². The van der Waals surface area contributed by atoms with Crippen molar-refractivity contribution in [1.82, 2.24) is 4.98 Å². The number of hydrogen-bond acceptors (Lipinski definition) is 3. The second-order valence-corrected chi connectivity index (χ2v) is 5.94. The second-order valence-electron chi connectivity index (χ2n) is 5.09. The van der Waals surface area contributed by atoms with Crippen LogP contribution in [0.5, 0.6) is 0 Å². The van der Waals surface area contributed by atoms with Crippen LogP contribution in [0.15, 0.2) is 66.0 Å². The molecule has 0 saturated carbocycles. The first-order valence-electron chi connectivity index (χ1n) is 7.08. The third-order valence-electron chi connectivity index (χ3n) is 3.58. The Kier molecular flexibility index (Phi) is 4.30. The number of hydrogen-bond donors (Lipinski definition) is 1. The van der Waals surface area contributed by atoms with E-state index in [1.807, 2.05) is 41.8 Å². The molecule has 110 valence electrons. The standard InChI is InChI=1S/C18H16N2OS/c19-17(21)18-20-15(12-22-18)11-16(13-7-3-1-4-8-13)14-9-5-2-6-10-14/h1-10,12,16H,11H2,(H2,19,21). The maximum Gasteiger partial charge on any atom is 0.277 e. The molecular weight excluding hydrogens is 292 g/mol. The lowest BCUT2D eigenvalue weighted by Crippen LogP contribution is -2.11. The Bertz CT molecular complexity index is 714. The number of carbonyl (C=O) groups excluding carboxylic acids is 1. The normalized spacial score (nSPS) is 10.8. The van der Waals surface area contributed by atoms with Crippen LogP contribution < -0.4 is 5.73 Å². The van der Waals surface area contributed by atoms with Crippen LogP contribution in [0, 0.1) is 0 Å². The number of nitrogens with zero attached hydrogens (tertiary/aromatic N) is 1. The van der Waals surface area contributed by atoms with Crippen molar-refractivity contribution in [3.63, 3.8) is 0 Å². The van der Waals surface area contributed by atoms with Gasteiger partial charge < -0.3 is 5.73 Å². The van der Waals surface area contributed by atoms with E-state index in [0.717, 1.165) is 12.1 Å². The lowest BCUT2D eigenvalue weighted by molar-refractivity contribution is 0.0999. The summed E-state index contributed by atoms with van der Waals surface area (Å²) in [5.74, 6) is -0.252. The molecule has 1 amide bonds. The Morgan fingerprint density at radius 3 is 2.00 bits per heavy atom. The van der Waals surface area contributed by atoms with Gasteiger partial charge in [0.25, 0.3) is 5.91 Å². The molecule has 3 nitrogen and oxygen atoms in total. The molecule has 2 N–H and O–H groups in total. The molecule has 0 bridgehead atoms. The smallest absolute Gasteiger partial charge is 0.277 e. The van der Waals surface area contributed by atoms with Gasteiger partial charge in [-0.25, -0.2) is 4.98 Å². The van der Waals surface area contributed by atoms with Crippen LogP contribution in [0.3, 0.4) is 0 Å². The quantitative estimate of drug-likeness (QED) is 0.782. The van der Waals surface area contributed by atoms with E-state index < -0.39 is 5.91 Å². The van der Waals surface area contributed by atoms with Crippen LogP contribution >= 0.6 is 11.3 Å². The molecule has 0 saturated heterocycles. The number of aromatic nitrogens is 1. The SMILES string of the molecule is NC(=O)c1nc(CC(c2ccccc2)c2ccccc2)cs1. The minimum atomic E-state index is -0.466. The van der Waals surface area contributed by atoms with E-state index >= 15 is 0 Å². The fraction of sp³-hybridized carbons (Fsp3) is 0.111. The number of benzene rings is 2. The fourth-order valence-corrected chi connectivity index (χ4v) is 3.20. The molecule has 0 unspecified atom stereocenters.